The maximum absolute atomic E-state index is 13.7. The second-order valence-corrected chi connectivity index (χ2v) is 10.1. The fraction of sp³-hybridized carbons (Fsp3) is 0.321. The summed E-state index contributed by atoms with van der Waals surface area (Å²) >= 11 is 6.06. The summed E-state index contributed by atoms with van der Waals surface area (Å²) in [4.78, 5) is 29.4. The quantitative estimate of drug-likeness (QED) is 0.378. The first-order valence-corrected chi connectivity index (χ1v) is 12.6. The number of hydrogen-bond acceptors (Lipinski definition) is 5. The number of piperazine rings is 1. The van der Waals surface area contributed by atoms with E-state index in [1.165, 1.54) is 5.56 Å². The van der Waals surface area contributed by atoms with E-state index in [1.54, 1.807) is 12.1 Å². The number of nitrogens with one attached hydrogen (secondary N) is 1. The molecular weight excluding hydrogens is 476 g/mol. The summed E-state index contributed by atoms with van der Waals surface area (Å²) in [6.07, 6.45) is 0.473. The average Bonchev–Trinajstić information content (AvgIpc) is 2.89. The minimum atomic E-state index is -0.372. The molecule has 1 fully saturated rings. The molecule has 3 aromatic rings. The fourth-order valence-corrected chi connectivity index (χ4v) is 5.55. The molecule has 0 saturated carbocycles. The highest BCUT2D eigenvalue weighted by Gasteiger charge is 2.42. The van der Waals surface area contributed by atoms with Crippen LogP contribution in [0.25, 0.3) is 0 Å². The number of hydrogen-bond donors (Lipinski definition) is 1. The zero-order chi connectivity index (χ0) is 25.2. The summed E-state index contributed by atoms with van der Waals surface area (Å²) in [6.45, 7) is 5.09. The van der Waals surface area contributed by atoms with Gasteiger partial charge in [-0.05, 0) is 48.2 Å². The van der Waals surface area contributed by atoms with Crippen molar-refractivity contribution in [3.63, 3.8) is 0 Å². The molecule has 5 rings (SSSR count). The molecule has 0 bridgehead atoms. The molecule has 1 saturated heterocycles. The van der Waals surface area contributed by atoms with Gasteiger partial charge in [-0.15, -0.1) is 0 Å². The lowest BCUT2D eigenvalue weighted by Crippen LogP contribution is -2.61. The number of amides is 1. The third-order valence-electron chi connectivity index (χ3n) is 7.30. The summed E-state index contributed by atoms with van der Waals surface area (Å²) in [5.41, 5.74) is 4.14. The number of anilines is 1. The molecule has 36 heavy (non-hydrogen) atoms. The number of nitrogens with zero attached hydrogens (tertiary/aromatic N) is 3. The van der Waals surface area contributed by atoms with Gasteiger partial charge in [0, 0.05) is 49.0 Å². The van der Waals surface area contributed by atoms with Crippen LogP contribution < -0.4 is 10.2 Å². The molecule has 1 N–H and O–H groups in total. The van der Waals surface area contributed by atoms with Gasteiger partial charge in [0.15, 0.2) is 0 Å². The van der Waals surface area contributed by atoms with Gasteiger partial charge in [-0.3, -0.25) is 19.8 Å². The molecule has 3 atom stereocenters. The Balaban J connectivity index is 1.41. The second-order valence-electron chi connectivity index (χ2n) is 9.64. The Labute approximate surface area is 215 Å². The standard InChI is InChI=1S/C28H29ClN4O3/c1-19(21-5-3-2-4-6-21)30-28(34)25-16-22-15-24(33(35)36)11-12-26(22)32-14-13-31(18-27(25)32)17-20-7-9-23(29)10-8-20/h2-12,15,19,25,27H,13-14,16-18H2,1H3,(H,30,34)/t19-,25-,27-/m0/s1. The summed E-state index contributed by atoms with van der Waals surface area (Å²) in [5, 5.41) is 15.3. The van der Waals surface area contributed by atoms with Crippen molar-refractivity contribution in [2.75, 3.05) is 24.5 Å². The van der Waals surface area contributed by atoms with Gasteiger partial charge >= 0.3 is 0 Å². The van der Waals surface area contributed by atoms with Crippen molar-refractivity contribution >= 4 is 28.9 Å². The lowest BCUT2D eigenvalue weighted by atomic mass is 9.83. The molecule has 2 aliphatic heterocycles. The molecule has 0 aromatic heterocycles. The van der Waals surface area contributed by atoms with Crippen LogP contribution >= 0.6 is 11.6 Å². The number of halogens is 1. The van der Waals surface area contributed by atoms with E-state index in [0.717, 1.165) is 43.0 Å². The molecule has 0 radical (unpaired) electrons. The number of benzene rings is 3. The van der Waals surface area contributed by atoms with Gasteiger partial charge in [0.25, 0.3) is 5.69 Å². The van der Waals surface area contributed by atoms with E-state index in [9.17, 15) is 14.9 Å². The van der Waals surface area contributed by atoms with E-state index >= 15 is 0 Å². The Morgan fingerprint density at radius 3 is 2.58 bits per heavy atom. The van der Waals surface area contributed by atoms with Crippen molar-refractivity contribution in [3.05, 3.63) is 105 Å². The van der Waals surface area contributed by atoms with Crippen molar-refractivity contribution in [3.8, 4) is 0 Å². The highest BCUT2D eigenvalue weighted by molar-refractivity contribution is 6.30. The smallest absolute Gasteiger partial charge is 0.269 e. The Hall–Kier alpha value is -3.42. The van der Waals surface area contributed by atoms with E-state index in [4.69, 9.17) is 11.6 Å². The predicted molar refractivity (Wildman–Crippen MR) is 141 cm³/mol. The van der Waals surface area contributed by atoms with Gasteiger partial charge in [0.2, 0.25) is 5.91 Å². The molecule has 3 aromatic carbocycles. The predicted octanol–water partition coefficient (Wildman–Crippen LogP) is 4.99. The first kappa shape index (κ1) is 24.3. The molecule has 1 amide bonds. The lowest BCUT2D eigenvalue weighted by Gasteiger charge is -2.49. The minimum absolute atomic E-state index is 0.0214. The first-order valence-electron chi connectivity index (χ1n) is 12.2. The van der Waals surface area contributed by atoms with Gasteiger partial charge in [0.05, 0.1) is 22.9 Å². The van der Waals surface area contributed by atoms with Crippen LogP contribution in [0.4, 0.5) is 11.4 Å². The van der Waals surface area contributed by atoms with Crippen LogP contribution in [-0.4, -0.2) is 41.4 Å². The summed E-state index contributed by atoms with van der Waals surface area (Å²) < 4.78 is 0. The summed E-state index contributed by atoms with van der Waals surface area (Å²) in [7, 11) is 0. The topological polar surface area (TPSA) is 78.7 Å². The van der Waals surface area contributed by atoms with Crippen molar-refractivity contribution in [1.82, 2.24) is 10.2 Å². The minimum Gasteiger partial charge on any atom is -0.365 e. The van der Waals surface area contributed by atoms with Crippen LogP contribution in [0.3, 0.4) is 0 Å². The maximum atomic E-state index is 13.7. The molecule has 0 unspecified atom stereocenters. The molecule has 2 heterocycles. The monoisotopic (exact) mass is 504 g/mol. The van der Waals surface area contributed by atoms with Crippen LogP contribution in [0, 0.1) is 16.0 Å². The van der Waals surface area contributed by atoms with E-state index in [1.807, 2.05) is 67.6 Å². The third-order valence-corrected chi connectivity index (χ3v) is 7.56. The molecule has 7 nitrogen and oxygen atoms in total. The molecule has 0 spiro atoms. The highest BCUT2D eigenvalue weighted by atomic mass is 35.5. The fourth-order valence-electron chi connectivity index (χ4n) is 5.42. The summed E-state index contributed by atoms with van der Waals surface area (Å²) in [6, 6.07) is 22.7. The van der Waals surface area contributed by atoms with E-state index in [-0.39, 0.29) is 34.5 Å². The second kappa shape index (κ2) is 10.3. The number of rotatable bonds is 6. The molecular formula is C28H29ClN4O3. The zero-order valence-corrected chi connectivity index (χ0v) is 20.9. The number of fused-ring (bicyclic) bond motifs is 3. The van der Waals surface area contributed by atoms with Gasteiger partial charge in [0.1, 0.15) is 0 Å². The van der Waals surface area contributed by atoms with Gasteiger partial charge in [-0.25, -0.2) is 0 Å². The van der Waals surface area contributed by atoms with Crippen LogP contribution in [0.1, 0.15) is 29.7 Å². The largest absolute Gasteiger partial charge is 0.365 e. The number of nitro groups is 1. The molecule has 186 valence electrons. The van der Waals surface area contributed by atoms with Crippen LogP contribution in [-0.2, 0) is 17.8 Å². The first-order chi connectivity index (χ1) is 17.4. The lowest BCUT2D eigenvalue weighted by molar-refractivity contribution is -0.384. The number of nitro benzene ring substituents is 1. The SMILES string of the molecule is C[C@H](NC(=O)[C@H]1Cc2cc([N+](=O)[O-])ccc2N2CCN(Cc3ccc(Cl)cc3)C[C@@H]12)c1ccccc1. The van der Waals surface area contributed by atoms with Crippen molar-refractivity contribution in [1.29, 1.82) is 0 Å². The van der Waals surface area contributed by atoms with Gasteiger partial charge < -0.3 is 10.2 Å². The van der Waals surface area contributed by atoms with Crippen LogP contribution in [0.15, 0.2) is 72.8 Å². The molecule has 8 heteroatoms. The Morgan fingerprint density at radius 2 is 1.86 bits per heavy atom. The van der Waals surface area contributed by atoms with Crippen LogP contribution in [0.2, 0.25) is 5.02 Å². The van der Waals surface area contributed by atoms with Gasteiger partial charge in [-0.2, -0.15) is 0 Å². The summed E-state index contributed by atoms with van der Waals surface area (Å²) in [5.74, 6) is -0.342. The van der Waals surface area contributed by atoms with Gasteiger partial charge in [-0.1, -0.05) is 54.1 Å². The number of carbonyl (C=O) groups is 1. The number of non-ortho nitro benzene ring substituents is 1. The average molecular weight is 505 g/mol. The third kappa shape index (κ3) is 5.08. The van der Waals surface area contributed by atoms with E-state index < -0.39 is 0 Å². The highest BCUT2D eigenvalue weighted by Crippen LogP contribution is 2.38. The number of carbonyl (C=O) groups excluding carboxylic acids is 1. The Morgan fingerprint density at radius 1 is 1.11 bits per heavy atom. The van der Waals surface area contributed by atoms with Crippen molar-refractivity contribution in [2.45, 2.75) is 32.0 Å². The van der Waals surface area contributed by atoms with Crippen molar-refractivity contribution in [2.24, 2.45) is 5.92 Å². The Kier molecular flexibility index (Phi) is 6.94. The molecule has 2 aliphatic rings. The maximum Gasteiger partial charge on any atom is 0.269 e. The van der Waals surface area contributed by atoms with E-state index in [2.05, 4.69) is 15.1 Å². The molecule has 0 aliphatic carbocycles. The van der Waals surface area contributed by atoms with Crippen molar-refractivity contribution < 1.29 is 9.72 Å². The van der Waals surface area contributed by atoms with Crippen LogP contribution in [0.5, 0.6) is 0 Å². The Bertz CT molecular complexity index is 1250. The zero-order valence-electron chi connectivity index (χ0n) is 20.1. The normalized spacial score (nSPS) is 20.2. The van der Waals surface area contributed by atoms with E-state index in [0.29, 0.717) is 11.4 Å².